The standard InChI is InChI=1S/C28H46O5S.C21H40O3.C21H38O2.C7H7ClO2S.C7H12N2/c1-4-5-6-15-18-26(32-34(30)33-27-23-21-25(2)22-24-27)19-16-13-11-9-7-8-10-12-14-17-20-28(29)31-3;1-3-4-5-14-17-20(22)18-15-12-10-8-6-7-9-11-13-16-19-21(23)24-2;1-3-4-5-6-7-8-9-10-11-12-13-14-15-16-17-18-19-20-21(22)23-2;1-6-2-4-7(5-3-6)11(8,9)10;1-2-5-9-6-4-8-7(9)3-1/h13,16,21-24,26H,4-12,14-15,17-20H2,1-3H3;12,15,20,22H,3-11,13-14,16-19H2,1-2H3;8-11H,3-7,12-20H2,1-2H3;2-5H,1H3;1-6H2/b16-13+;15-12+;9-8+,11-10+;;. The van der Waals surface area contributed by atoms with E-state index in [1.165, 1.54) is 245 Å². The number of benzene rings is 2. The lowest BCUT2D eigenvalue weighted by Gasteiger charge is -2.24. The third-order valence-electron chi connectivity index (χ3n) is 17.8. The Balaban J connectivity index is 0.00000132. The molecule has 0 spiro atoms. The van der Waals surface area contributed by atoms with E-state index < -0.39 is 20.4 Å². The van der Waals surface area contributed by atoms with Gasteiger partial charge in [-0.05, 0) is 147 Å². The molecule has 0 bridgehead atoms. The van der Waals surface area contributed by atoms with Crippen LogP contribution in [-0.2, 0) is 53.2 Å². The summed E-state index contributed by atoms with van der Waals surface area (Å²) in [6.45, 7) is 14.1. The highest BCUT2D eigenvalue weighted by Gasteiger charge is 2.19. The number of allylic oxidation sites excluding steroid dienone is 6. The molecule has 0 saturated carbocycles. The van der Waals surface area contributed by atoms with Gasteiger partial charge < -0.3 is 28.4 Å². The lowest BCUT2D eigenvalue weighted by Crippen LogP contribution is -2.32. The Morgan fingerprint density at radius 3 is 1.32 bits per heavy atom. The number of aliphatic imine (C=N–C) groups is 1. The molecule has 1 N–H and O–H groups in total. The highest BCUT2D eigenvalue weighted by molar-refractivity contribution is 8.13. The quantitative estimate of drug-likeness (QED) is 0.0165. The van der Waals surface area contributed by atoms with E-state index in [2.05, 4.69) is 93.5 Å². The number of hydrogen-bond donors (Lipinski definition) is 1. The first-order chi connectivity index (χ1) is 49.0. The number of unbranched alkanes of at least 4 members (excludes halogenated alkanes) is 31. The van der Waals surface area contributed by atoms with Crippen LogP contribution in [0.5, 0.6) is 5.75 Å². The van der Waals surface area contributed by atoms with Gasteiger partial charge in [0.1, 0.15) is 5.75 Å². The van der Waals surface area contributed by atoms with Crippen LogP contribution in [0.1, 0.15) is 334 Å². The Hall–Kier alpha value is -4.61. The van der Waals surface area contributed by atoms with Gasteiger partial charge in [0.05, 0.1) is 50.8 Å². The number of amidine groups is 1. The van der Waals surface area contributed by atoms with Crippen LogP contribution in [0.4, 0.5) is 0 Å². The molecule has 3 unspecified atom stereocenters. The molecule has 101 heavy (non-hydrogen) atoms. The van der Waals surface area contributed by atoms with E-state index in [4.69, 9.17) is 19.0 Å². The highest BCUT2D eigenvalue weighted by Crippen LogP contribution is 2.21. The topological polar surface area (TPSA) is 184 Å². The first-order valence-electron chi connectivity index (χ1n) is 39.7. The average Bonchev–Trinajstić information content (AvgIpc) is 1.80. The van der Waals surface area contributed by atoms with Crippen LogP contribution in [0.3, 0.4) is 0 Å². The van der Waals surface area contributed by atoms with E-state index in [0.29, 0.717) is 25.0 Å². The van der Waals surface area contributed by atoms with Crippen molar-refractivity contribution >= 4 is 54.8 Å². The number of piperidine rings is 1. The number of ether oxygens (including phenoxy) is 3. The van der Waals surface area contributed by atoms with Gasteiger partial charge in [0, 0.05) is 49.5 Å². The van der Waals surface area contributed by atoms with E-state index in [-0.39, 0.29) is 35.0 Å². The second-order valence-electron chi connectivity index (χ2n) is 27.1. The summed E-state index contributed by atoms with van der Waals surface area (Å²) in [6.07, 6.45) is 71.2. The van der Waals surface area contributed by atoms with Crippen molar-refractivity contribution in [2.24, 2.45) is 4.99 Å². The zero-order valence-corrected chi connectivity index (χ0v) is 67.2. The van der Waals surface area contributed by atoms with Crippen molar-refractivity contribution in [3.63, 3.8) is 0 Å². The molecule has 0 aliphatic carbocycles. The van der Waals surface area contributed by atoms with E-state index >= 15 is 0 Å². The van der Waals surface area contributed by atoms with Crippen molar-refractivity contribution in [1.82, 2.24) is 4.90 Å². The van der Waals surface area contributed by atoms with Crippen LogP contribution >= 0.6 is 10.7 Å². The van der Waals surface area contributed by atoms with Crippen molar-refractivity contribution < 1.29 is 54.7 Å². The third kappa shape index (κ3) is 64.7. The maximum absolute atomic E-state index is 12.4. The number of halogens is 1. The summed E-state index contributed by atoms with van der Waals surface area (Å²) in [6, 6.07) is 13.9. The molecular weight excluding hydrogens is 1330 g/mol. The van der Waals surface area contributed by atoms with E-state index in [9.17, 15) is 32.1 Å². The van der Waals surface area contributed by atoms with Crippen LogP contribution in [-0.4, -0.2) is 99.5 Å². The van der Waals surface area contributed by atoms with Crippen LogP contribution in [0.2, 0.25) is 0 Å². The second kappa shape index (κ2) is 71.0. The molecule has 2 aromatic carbocycles. The Kier molecular flexibility index (Phi) is 67.8. The van der Waals surface area contributed by atoms with E-state index in [1.54, 1.807) is 12.1 Å². The molecule has 2 aliphatic rings. The number of aryl methyl sites for hydroxylation is 2. The molecule has 14 nitrogen and oxygen atoms in total. The van der Waals surface area contributed by atoms with Crippen LogP contribution in [0, 0.1) is 13.8 Å². The normalized spacial score (nSPS) is 13.6. The number of nitrogens with zero attached hydrogens (tertiary/aromatic N) is 2. The van der Waals surface area contributed by atoms with Crippen molar-refractivity contribution in [2.45, 2.75) is 354 Å². The first-order valence-corrected chi connectivity index (χ1v) is 43.0. The molecule has 1 fully saturated rings. The number of esters is 3. The van der Waals surface area contributed by atoms with E-state index in [0.717, 1.165) is 108 Å². The molecule has 0 amide bonds. The van der Waals surface area contributed by atoms with Gasteiger partial charge in [-0.1, -0.05) is 272 Å². The van der Waals surface area contributed by atoms with E-state index in [1.807, 2.05) is 38.1 Å². The summed E-state index contributed by atoms with van der Waals surface area (Å²) in [5.41, 5.74) is 2.14. The molecule has 580 valence electrons. The molecule has 2 aromatic rings. The Labute approximate surface area is 624 Å². The summed E-state index contributed by atoms with van der Waals surface area (Å²) >= 11 is -1.79. The zero-order valence-electron chi connectivity index (χ0n) is 64.8. The number of carbonyl (C=O) groups excluding carboxylic acids is 3. The molecule has 0 aromatic heterocycles. The average molecular weight is 1470 g/mol. The smallest absolute Gasteiger partial charge is 0.360 e. The molecule has 2 aliphatic heterocycles. The predicted octanol–water partition coefficient (Wildman–Crippen LogP) is 23.4. The molecule has 17 heteroatoms. The number of methoxy groups -OCH3 is 3. The minimum atomic E-state index is -3.55. The summed E-state index contributed by atoms with van der Waals surface area (Å²) in [7, 11) is 5.89. The molecule has 2 heterocycles. The number of rotatable bonds is 55. The Morgan fingerprint density at radius 2 is 0.891 bits per heavy atom. The van der Waals surface area contributed by atoms with Gasteiger partial charge in [0.2, 0.25) is 0 Å². The van der Waals surface area contributed by atoms with Crippen LogP contribution in [0.15, 0.2) is 107 Å². The minimum Gasteiger partial charge on any atom is -0.469 e. The summed E-state index contributed by atoms with van der Waals surface area (Å²) in [4.78, 5) is 39.9. The Bertz CT molecular complexity index is 2560. The number of carbonyl (C=O) groups is 3. The van der Waals surface area contributed by atoms with Crippen molar-refractivity contribution in [3.8, 4) is 5.75 Å². The summed E-state index contributed by atoms with van der Waals surface area (Å²) in [5, 5.41) is 9.86. The molecular formula is C84H143ClN2O12S2. The number of fused-ring (bicyclic) bond motifs is 1. The minimum absolute atomic E-state index is 0.0770. The fourth-order valence-electron chi connectivity index (χ4n) is 11.4. The lowest BCUT2D eigenvalue weighted by atomic mass is 10.1. The fraction of sp³-hybridized carbons (Fsp3) is 0.714. The lowest BCUT2D eigenvalue weighted by molar-refractivity contribution is -0.141. The van der Waals surface area contributed by atoms with Gasteiger partial charge in [-0.25, -0.2) is 8.42 Å². The molecule has 1 saturated heterocycles. The van der Waals surface area contributed by atoms with Crippen molar-refractivity contribution in [2.75, 3.05) is 41.0 Å². The maximum atomic E-state index is 12.4. The van der Waals surface area contributed by atoms with Crippen LogP contribution < -0.4 is 4.18 Å². The predicted molar refractivity (Wildman–Crippen MR) is 426 cm³/mol. The molecule has 4 rings (SSSR count). The SMILES string of the molecule is C1CCN2CCN=C2C1.CCCCCC/C=C/C=C/CCCCCCCCCC(=O)OC.CCCCCCC(C/C=C/CCCCCCCCCC(=O)OC)OS(=O)Oc1ccc(C)cc1.CCCCCCC(O)C/C=C/CCCCCCCCCC(=O)OC.Cc1ccc(S(=O)(=O)Cl)cc1. The first kappa shape index (κ1) is 96.4. The van der Waals surface area contributed by atoms with Gasteiger partial charge in [-0.2, -0.15) is 4.21 Å². The second-order valence-corrected chi connectivity index (χ2v) is 30.4. The highest BCUT2D eigenvalue weighted by atomic mass is 35.7. The van der Waals surface area contributed by atoms with Gasteiger partial charge >= 0.3 is 29.3 Å². The maximum Gasteiger partial charge on any atom is 0.360 e. The number of aliphatic hydroxyl groups excluding tert-OH is 1. The summed E-state index contributed by atoms with van der Waals surface area (Å²) < 4.78 is 58.9. The van der Waals surface area contributed by atoms with Gasteiger partial charge in [-0.3, -0.25) is 23.6 Å². The van der Waals surface area contributed by atoms with Crippen LogP contribution in [0.25, 0.3) is 0 Å². The Morgan fingerprint density at radius 1 is 0.505 bits per heavy atom. The van der Waals surface area contributed by atoms with Crippen molar-refractivity contribution in [1.29, 1.82) is 0 Å². The monoisotopic (exact) mass is 1470 g/mol. The summed E-state index contributed by atoms with van der Waals surface area (Å²) in [5.74, 6) is 1.67. The van der Waals surface area contributed by atoms with Gasteiger partial charge in [0.25, 0.3) is 9.05 Å². The van der Waals surface area contributed by atoms with Gasteiger partial charge in [-0.15, -0.1) is 0 Å². The van der Waals surface area contributed by atoms with Crippen molar-refractivity contribution in [3.05, 3.63) is 108 Å². The molecule has 0 radical (unpaired) electrons. The van der Waals surface area contributed by atoms with Gasteiger partial charge in [0.15, 0.2) is 0 Å². The largest absolute Gasteiger partial charge is 0.469 e. The number of aliphatic hydroxyl groups is 1. The zero-order chi connectivity index (χ0) is 74.3. The fourth-order valence-corrected chi connectivity index (χ4v) is 12.8. The molecule has 3 atom stereocenters. The number of hydrogen-bond acceptors (Lipinski definition) is 14. The third-order valence-corrected chi connectivity index (χ3v) is 19.9.